The van der Waals surface area contributed by atoms with Crippen LogP contribution in [0.3, 0.4) is 0 Å². The number of carbonyl (C=O) groups is 3. The fourth-order valence-electron chi connectivity index (χ4n) is 3.56. The van der Waals surface area contributed by atoms with Gasteiger partial charge in [0.05, 0.1) is 5.54 Å². The molecular formula is C14H22N4O3. The fourth-order valence-corrected chi connectivity index (χ4v) is 3.56. The van der Waals surface area contributed by atoms with E-state index in [9.17, 15) is 14.4 Å². The van der Waals surface area contributed by atoms with Crippen molar-refractivity contribution < 1.29 is 14.4 Å². The quantitative estimate of drug-likeness (QED) is 0.580. The number of imide groups is 1. The first-order valence-corrected chi connectivity index (χ1v) is 7.63. The summed E-state index contributed by atoms with van der Waals surface area (Å²) in [7, 11) is 0. The van der Waals surface area contributed by atoms with Gasteiger partial charge in [-0.3, -0.25) is 14.9 Å². The Labute approximate surface area is 123 Å². The third-order valence-corrected chi connectivity index (χ3v) is 5.01. The van der Waals surface area contributed by atoms with Crippen molar-refractivity contribution in [2.45, 2.75) is 50.1 Å². The van der Waals surface area contributed by atoms with Gasteiger partial charge in [0, 0.05) is 13.1 Å². The molecule has 7 nitrogen and oxygen atoms in total. The minimum Gasteiger partial charge on any atom is -0.341 e. The molecule has 0 radical (unpaired) electrons. The van der Waals surface area contributed by atoms with Gasteiger partial charge in [-0.1, -0.05) is 0 Å². The Morgan fingerprint density at radius 3 is 2.38 bits per heavy atom. The van der Waals surface area contributed by atoms with Gasteiger partial charge < -0.3 is 15.5 Å². The molecule has 116 valence electrons. The molecular weight excluding hydrogens is 272 g/mol. The third kappa shape index (κ3) is 2.39. The average Bonchev–Trinajstić information content (AvgIpc) is 2.74. The van der Waals surface area contributed by atoms with Crippen LogP contribution in [0.1, 0.15) is 39.0 Å². The molecule has 0 bridgehead atoms. The van der Waals surface area contributed by atoms with Crippen LogP contribution in [0.4, 0.5) is 4.79 Å². The van der Waals surface area contributed by atoms with E-state index in [-0.39, 0.29) is 11.8 Å². The van der Waals surface area contributed by atoms with E-state index >= 15 is 0 Å². The molecule has 3 heterocycles. The van der Waals surface area contributed by atoms with Crippen LogP contribution in [0.2, 0.25) is 0 Å². The molecule has 7 heteroatoms. The summed E-state index contributed by atoms with van der Waals surface area (Å²) in [4.78, 5) is 37.7. The summed E-state index contributed by atoms with van der Waals surface area (Å²) < 4.78 is 0. The highest BCUT2D eigenvalue weighted by molar-refractivity contribution is 6.07. The van der Waals surface area contributed by atoms with Gasteiger partial charge in [-0.2, -0.15) is 0 Å². The topological polar surface area (TPSA) is 90.5 Å². The van der Waals surface area contributed by atoms with Crippen LogP contribution in [0, 0.1) is 0 Å². The Hall–Kier alpha value is -1.63. The van der Waals surface area contributed by atoms with Crippen molar-refractivity contribution in [3.8, 4) is 0 Å². The summed E-state index contributed by atoms with van der Waals surface area (Å²) in [5.74, 6) is -0.150. The van der Waals surface area contributed by atoms with E-state index in [0.717, 1.165) is 25.8 Å². The number of nitrogens with one attached hydrogen (secondary N) is 3. The molecule has 0 saturated carbocycles. The normalized spacial score (nSPS) is 32.0. The summed E-state index contributed by atoms with van der Waals surface area (Å²) in [5, 5.41) is 8.33. The van der Waals surface area contributed by atoms with E-state index in [1.165, 1.54) is 0 Å². The highest BCUT2D eigenvalue weighted by atomic mass is 16.2. The Bertz CT molecular complexity index is 477. The summed E-state index contributed by atoms with van der Waals surface area (Å²) in [6.45, 7) is 3.84. The standard InChI is InChI=1S/C14H22N4O3/c1-13(4-2-3-7-15-13)11(20)18-8-5-14(6-9-18)10(19)16-12(21)17-14/h15H,2-9H2,1H3,(H2,16,17,19,21). The molecule has 3 saturated heterocycles. The molecule has 4 amide bonds. The lowest BCUT2D eigenvalue weighted by molar-refractivity contribution is -0.142. The number of hydrogen-bond donors (Lipinski definition) is 3. The first-order valence-electron chi connectivity index (χ1n) is 7.63. The number of hydrogen-bond acceptors (Lipinski definition) is 4. The van der Waals surface area contributed by atoms with Crippen LogP contribution >= 0.6 is 0 Å². The number of rotatable bonds is 1. The second kappa shape index (κ2) is 4.98. The lowest BCUT2D eigenvalue weighted by atomic mass is 9.85. The molecule has 1 spiro atoms. The largest absolute Gasteiger partial charge is 0.341 e. The Morgan fingerprint density at radius 2 is 1.86 bits per heavy atom. The van der Waals surface area contributed by atoms with Gasteiger partial charge in [0.2, 0.25) is 5.91 Å². The summed E-state index contributed by atoms with van der Waals surface area (Å²) in [5.41, 5.74) is -1.29. The first kappa shape index (κ1) is 14.3. The number of piperidine rings is 2. The number of nitrogens with zero attached hydrogens (tertiary/aromatic N) is 1. The number of urea groups is 1. The average molecular weight is 294 g/mol. The zero-order valence-corrected chi connectivity index (χ0v) is 12.3. The first-order chi connectivity index (χ1) is 9.95. The van der Waals surface area contributed by atoms with Crippen LogP contribution < -0.4 is 16.0 Å². The Morgan fingerprint density at radius 1 is 1.14 bits per heavy atom. The lowest BCUT2D eigenvalue weighted by Crippen LogP contribution is -2.62. The van der Waals surface area contributed by atoms with Gasteiger partial charge in [-0.05, 0) is 45.6 Å². The number of amides is 4. The van der Waals surface area contributed by atoms with Gasteiger partial charge >= 0.3 is 6.03 Å². The molecule has 3 aliphatic heterocycles. The third-order valence-electron chi connectivity index (χ3n) is 5.01. The van der Waals surface area contributed by atoms with Gasteiger partial charge in [-0.25, -0.2) is 4.79 Å². The van der Waals surface area contributed by atoms with Crippen LogP contribution in [0.15, 0.2) is 0 Å². The highest BCUT2D eigenvalue weighted by Gasteiger charge is 2.49. The Balaban J connectivity index is 1.64. The maximum absolute atomic E-state index is 12.7. The van der Waals surface area contributed by atoms with Crippen molar-refractivity contribution in [3.63, 3.8) is 0 Å². The Kier molecular flexibility index (Phi) is 3.39. The number of carbonyl (C=O) groups excluding carboxylic acids is 3. The van der Waals surface area contributed by atoms with E-state index < -0.39 is 17.1 Å². The monoisotopic (exact) mass is 294 g/mol. The minimum absolute atomic E-state index is 0.113. The summed E-state index contributed by atoms with van der Waals surface area (Å²) in [6.07, 6.45) is 3.98. The van der Waals surface area contributed by atoms with E-state index in [2.05, 4.69) is 16.0 Å². The van der Waals surface area contributed by atoms with E-state index in [1.807, 2.05) is 11.8 Å². The second-order valence-corrected chi connectivity index (χ2v) is 6.50. The van der Waals surface area contributed by atoms with Crippen molar-refractivity contribution in [2.24, 2.45) is 0 Å². The van der Waals surface area contributed by atoms with E-state index in [0.29, 0.717) is 25.9 Å². The van der Waals surface area contributed by atoms with Crippen molar-refractivity contribution >= 4 is 17.8 Å². The summed E-state index contributed by atoms with van der Waals surface area (Å²) >= 11 is 0. The molecule has 3 aliphatic rings. The lowest BCUT2D eigenvalue weighted by Gasteiger charge is -2.42. The molecule has 3 N–H and O–H groups in total. The SMILES string of the molecule is CC1(C(=O)N2CCC3(CC2)NC(=O)NC3=O)CCCCN1. The second-order valence-electron chi connectivity index (χ2n) is 6.50. The van der Waals surface area contributed by atoms with E-state index in [4.69, 9.17) is 0 Å². The smallest absolute Gasteiger partial charge is 0.322 e. The van der Waals surface area contributed by atoms with Gasteiger partial charge in [0.15, 0.2) is 0 Å². The van der Waals surface area contributed by atoms with Crippen molar-refractivity contribution in [3.05, 3.63) is 0 Å². The van der Waals surface area contributed by atoms with Crippen molar-refractivity contribution in [1.29, 1.82) is 0 Å². The zero-order chi connectivity index (χ0) is 15.1. The molecule has 1 atom stereocenters. The van der Waals surface area contributed by atoms with Crippen LogP contribution in [-0.4, -0.2) is 53.5 Å². The molecule has 0 aromatic heterocycles. The molecule has 0 aromatic carbocycles. The predicted octanol–water partition coefficient (Wildman–Crippen LogP) is -0.281. The fraction of sp³-hybridized carbons (Fsp3) is 0.786. The maximum atomic E-state index is 12.7. The molecule has 3 rings (SSSR count). The van der Waals surface area contributed by atoms with Gasteiger partial charge in [0.25, 0.3) is 5.91 Å². The van der Waals surface area contributed by atoms with Crippen LogP contribution in [0.5, 0.6) is 0 Å². The molecule has 0 aliphatic carbocycles. The van der Waals surface area contributed by atoms with Crippen molar-refractivity contribution in [1.82, 2.24) is 20.9 Å². The van der Waals surface area contributed by atoms with Crippen LogP contribution in [0.25, 0.3) is 0 Å². The number of likely N-dealkylation sites (tertiary alicyclic amines) is 1. The molecule has 0 aromatic rings. The van der Waals surface area contributed by atoms with Crippen molar-refractivity contribution in [2.75, 3.05) is 19.6 Å². The maximum Gasteiger partial charge on any atom is 0.322 e. The molecule has 21 heavy (non-hydrogen) atoms. The summed E-state index contributed by atoms with van der Waals surface area (Å²) in [6, 6.07) is -0.430. The molecule has 3 fully saturated rings. The van der Waals surface area contributed by atoms with E-state index in [1.54, 1.807) is 0 Å². The van der Waals surface area contributed by atoms with Gasteiger partial charge in [-0.15, -0.1) is 0 Å². The predicted molar refractivity (Wildman–Crippen MR) is 75.5 cm³/mol. The zero-order valence-electron chi connectivity index (χ0n) is 12.3. The minimum atomic E-state index is -0.811. The van der Waals surface area contributed by atoms with Crippen LogP contribution in [-0.2, 0) is 9.59 Å². The van der Waals surface area contributed by atoms with Gasteiger partial charge in [0.1, 0.15) is 5.54 Å². The molecule has 1 unspecified atom stereocenters. The highest BCUT2D eigenvalue weighted by Crippen LogP contribution is 2.28.